The van der Waals surface area contributed by atoms with Gasteiger partial charge in [0, 0.05) is 17.4 Å². The van der Waals surface area contributed by atoms with E-state index in [1.807, 2.05) is 19.9 Å². The van der Waals surface area contributed by atoms with Crippen LogP contribution in [0.5, 0.6) is 0 Å². The highest BCUT2D eigenvalue weighted by Crippen LogP contribution is 2.68. The molecule has 30 heavy (non-hydrogen) atoms. The van der Waals surface area contributed by atoms with E-state index < -0.39 is 10.8 Å². The molecule has 4 aliphatic carbocycles. The molecule has 2 bridgehead atoms. The molecule has 1 heterocycles. The van der Waals surface area contributed by atoms with E-state index in [9.17, 15) is 9.59 Å². The maximum Gasteiger partial charge on any atom is 0.175 e. The van der Waals surface area contributed by atoms with Crippen molar-refractivity contribution >= 4 is 11.6 Å². The molecule has 0 amide bonds. The Bertz CT molecular complexity index is 963. The number of Topliss-reactive ketones (excluding diaryl/α,β-unsaturated/α-hetero) is 2. The van der Waals surface area contributed by atoms with Crippen molar-refractivity contribution in [1.29, 1.82) is 0 Å². The van der Waals surface area contributed by atoms with Gasteiger partial charge in [-0.2, -0.15) is 0 Å². The van der Waals surface area contributed by atoms with Crippen LogP contribution in [-0.4, -0.2) is 17.2 Å². The van der Waals surface area contributed by atoms with Gasteiger partial charge in [-0.15, -0.1) is 0 Å². The molecule has 6 rings (SSSR count). The average Bonchev–Trinajstić information content (AvgIpc) is 2.71. The van der Waals surface area contributed by atoms with Gasteiger partial charge in [-0.05, 0) is 70.3 Å². The Morgan fingerprint density at radius 1 is 0.933 bits per heavy atom. The number of benzene rings is 1. The number of ketones is 2. The van der Waals surface area contributed by atoms with E-state index in [1.165, 1.54) is 18.4 Å². The Labute approximate surface area is 180 Å². The fraction of sp³-hybridized carbons (Fsp3) is 0.630. The number of rotatable bonds is 1. The molecule has 1 aromatic rings. The first kappa shape index (κ1) is 20.0. The highest BCUT2D eigenvalue weighted by molar-refractivity contribution is 6.19. The summed E-state index contributed by atoms with van der Waals surface area (Å²) in [5.74, 6) is 1.82. The van der Waals surface area contributed by atoms with Crippen LogP contribution in [0.15, 0.2) is 41.7 Å². The van der Waals surface area contributed by atoms with Gasteiger partial charge < -0.3 is 4.74 Å². The third kappa shape index (κ3) is 2.32. The number of carbonyl (C=O) groups is 2. The minimum absolute atomic E-state index is 0.0120. The van der Waals surface area contributed by atoms with Crippen molar-refractivity contribution < 1.29 is 14.3 Å². The highest BCUT2D eigenvalue weighted by atomic mass is 16.5. The summed E-state index contributed by atoms with van der Waals surface area (Å²) in [6.45, 7) is 12.2. The van der Waals surface area contributed by atoms with E-state index >= 15 is 0 Å². The molecule has 1 aromatic carbocycles. The second-order valence-corrected chi connectivity index (χ2v) is 11.8. The van der Waals surface area contributed by atoms with Crippen LogP contribution in [0.2, 0.25) is 0 Å². The largest absolute Gasteiger partial charge is 0.490 e. The minimum atomic E-state index is -1.02. The maximum atomic E-state index is 13.7. The minimum Gasteiger partial charge on any atom is -0.490 e. The smallest absolute Gasteiger partial charge is 0.175 e. The van der Waals surface area contributed by atoms with Gasteiger partial charge in [-0.3, -0.25) is 9.59 Å². The predicted octanol–water partition coefficient (Wildman–Crippen LogP) is 5.84. The van der Waals surface area contributed by atoms with Gasteiger partial charge in [0.2, 0.25) is 0 Å². The van der Waals surface area contributed by atoms with Crippen molar-refractivity contribution in [3.8, 4) is 0 Å². The molecule has 0 unspecified atom stereocenters. The average molecular weight is 407 g/mol. The lowest BCUT2D eigenvalue weighted by Crippen LogP contribution is -2.65. The summed E-state index contributed by atoms with van der Waals surface area (Å²) in [7, 11) is 0. The Kier molecular flexibility index (Phi) is 3.92. The lowest BCUT2D eigenvalue weighted by Gasteiger charge is -2.67. The van der Waals surface area contributed by atoms with E-state index in [4.69, 9.17) is 4.74 Å². The molecule has 4 atom stereocenters. The number of carbonyl (C=O) groups excluding carboxylic acids is 2. The van der Waals surface area contributed by atoms with Crippen LogP contribution in [0.1, 0.15) is 78.7 Å². The van der Waals surface area contributed by atoms with Crippen LogP contribution in [0.4, 0.5) is 0 Å². The molecule has 5 aliphatic rings. The quantitative estimate of drug-likeness (QED) is 0.550. The summed E-state index contributed by atoms with van der Waals surface area (Å²) < 4.78 is 6.94. The van der Waals surface area contributed by atoms with Crippen LogP contribution in [0.3, 0.4) is 0 Å². The molecule has 3 heteroatoms. The molecular weight excluding hydrogens is 372 g/mol. The van der Waals surface area contributed by atoms with E-state index in [0.717, 1.165) is 24.3 Å². The number of hydrogen-bond acceptors (Lipinski definition) is 3. The zero-order valence-corrected chi connectivity index (χ0v) is 19.2. The summed E-state index contributed by atoms with van der Waals surface area (Å²) in [5, 5.41) is 0. The Morgan fingerprint density at radius 3 is 2.20 bits per heavy atom. The van der Waals surface area contributed by atoms with Crippen molar-refractivity contribution in [2.45, 2.75) is 78.7 Å². The van der Waals surface area contributed by atoms with Gasteiger partial charge in [-0.1, -0.05) is 44.2 Å². The van der Waals surface area contributed by atoms with E-state index in [1.54, 1.807) is 13.8 Å². The van der Waals surface area contributed by atoms with Crippen molar-refractivity contribution in [1.82, 2.24) is 0 Å². The predicted molar refractivity (Wildman–Crippen MR) is 117 cm³/mol. The summed E-state index contributed by atoms with van der Waals surface area (Å²) in [4.78, 5) is 27.1. The standard InChI is InChI=1S/C27H34O3/c1-24(2)17-12-13-27(19(24)14-17)15-18(16-10-8-7-9-11-16)20-21(28)25(3,4)23(29)26(5,6)22(20)30-27/h7-11,17-19H,12-15H2,1-6H3/t17-,18+,19+,27+/m0/s1. The zero-order chi connectivity index (χ0) is 21.7. The molecule has 0 N–H and O–H groups in total. The zero-order valence-electron chi connectivity index (χ0n) is 19.2. The number of hydrogen-bond donors (Lipinski definition) is 0. The Hall–Kier alpha value is -1.90. The lowest BCUT2D eigenvalue weighted by molar-refractivity contribution is -0.227. The summed E-state index contributed by atoms with van der Waals surface area (Å²) in [5.41, 5.74) is 0.0803. The van der Waals surface area contributed by atoms with Crippen molar-refractivity contribution in [2.75, 3.05) is 0 Å². The second-order valence-electron chi connectivity index (χ2n) is 11.8. The third-order valence-corrected chi connectivity index (χ3v) is 9.19. The van der Waals surface area contributed by atoms with Gasteiger partial charge in [-0.25, -0.2) is 0 Å². The fourth-order valence-electron chi connectivity index (χ4n) is 7.28. The summed E-state index contributed by atoms with van der Waals surface area (Å²) >= 11 is 0. The second kappa shape index (κ2) is 5.87. The normalized spacial score (nSPS) is 38.0. The van der Waals surface area contributed by atoms with Crippen LogP contribution < -0.4 is 0 Å². The lowest BCUT2D eigenvalue weighted by atomic mass is 9.42. The number of allylic oxidation sites excluding steroid dienone is 2. The number of fused-ring (bicyclic) bond motifs is 1. The molecule has 3 saturated carbocycles. The molecular formula is C27H34O3. The fourth-order valence-corrected chi connectivity index (χ4v) is 7.28. The topological polar surface area (TPSA) is 43.4 Å². The Morgan fingerprint density at radius 2 is 1.60 bits per heavy atom. The van der Waals surface area contributed by atoms with Crippen LogP contribution in [0, 0.1) is 28.1 Å². The van der Waals surface area contributed by atoms with Crippen molar-refractivity contribution in [3.63, 3.8) is 0 Å². The van der Waals surface area contributed by atoms with Gasteiger partial charge in [0.25, 0.3) is 0 Å². The Balaban J connectivity index is 1.72. The molecule has 0 saturated heterocycles. The van der Waals surface area contributed by atoms with E-state index in [2.05, 4.69) is 38.1 Å². The SMILES string of the molecule is CC1(C)C(=O)C2=C(O[C@]3(CC[C@H]4C[C@@H]3C4(C)C)C[C@@H]2c2ccccc2)C(C)(C)C1=O. The van der Waals surface area contributed by atoms with Crippen LogP contribution in [0.25, 0.3) is 0 Å². The van der Waals surface area contributed by atoms with Gasteiger partial charge >= 0.3 is 0 Å². The maximum absolute atomic E-state index is 13.7. The monoisotopic (exact) mass is 406 g/mol. The molecule has 0 aromatic heterocycles. The van der Waals surface area contributed by atoms with E-state index in [0.29, 0.717) is 11.7 Å². The first-order chi connectivity index (χ1) is 13.9. The summed E-state index contributed by atoms with van der Waals surface area (Å²) in [6, 6.07) is 10.4. The van der Waals surface area contributed by atoms with Gasteiger partial charge in [0.1, 0.15) is 11.4 Å². The summed E-state index contributed by atoms with van der Waals surface area (Å²) in [6.07, 6.45) is 4.23. The first-order valence-electron chi connectivity index (χ1n) is 11.5. The van der Waals surface area contributed by atoms with E-state index in [-0.39, 0.29) is 28.5 Å². The first-order valence-corrected chi connectivity index (χ1v) is 11.5. The van der Waals surface area contributed by atoms with Crippen molar-refractivity contribution in [3.05, 3.63) is 47.2 Å². The van der Waals surface area contributed by atoms with Crippen molar-refractivity contribution in [2.24, 2.45) is 28.1 Å². The van der Waals surface area contributed by atoms with Crippen LogP contribution >= 0.6 is 0 Å². The van der Waals surface area contributed by atoms with Gasteiger partial charge in [0.15, 0.2) is 11.6 Å². The highest BCUT2D eigenvalue weighted by Gasteiger charge is 2.67. The van der Waals surface area contributed by atoms with Crippen LogP contribution in [-0.2, 0) is 14.3 Å². The molecule has 1 spiro atoms. The molecule has 1 aliphatic heterocycles. The molecule has 0 radical (unpaired) electrons. The molecule has 160 valence electrons. The van der Waals surface area contributed by atoms with Gasteiger partial charge in [0.05, 0.1) is 10.8 Å². The third-order valence-electron chi connectivity index (χ3n) is 9.19. The molecule has 3 fully saturated rings. The number of ether oxygens (including phenoxy) is 1. The molecule has 3 nitrogen and oxygen atoms in total.